The van der Waals surface area contributed by atoms with E-state index in [9.17, 15) is 0 Å². The molecule has 2 N–H and O–H groups in total. The molecule has 0 amide bonds. The average Bonchev–Trinajstić information content (AvgIpc) is 2.10. The molecule has 3 atom stereocenters. The van der Waals surface area contributed by atoms with Crippen molar-refractivity contribution in [3.8, 4) is 0 Å². The van der Waals surface area contributed by atoms with Crippen LogP contribution in [0, 0.1) is 11.8 Å². The molecule has 0 aromatic rings. The zero-order chi connectivity index (χ0) is 8.43. The SMILES string of the molecule is CC(N)CN1CC(C)C(C)C1. The van der Waals surface area contributed by atoms with Gasteiger partial charge in [0.05, 0.1) is 0 Å². The van der Waals surface area contributed by atoms with Gasteiger partial charge in [0.15, 0.2) is 0 Å². The van der Waals surface area contributed by atoms with Gasteiger partial charge in [-0.2, -0.15) is 0 Å². The van der Waals surface area contributed by atoms with E-state index in [0.717, 1.165) is 18.4 Å². The van der Waals surface area contributed by atoms with Gasteiger partial charge in [-0.25, -0.2) is 0 Å². The second kappa shape index (κ2) is 3.55. The second-order valence-electron chi connectivity index (χ2n) is 4.15. The number of nitrogens with zero attached hydrogens (tertiary/aromatic N) is 1. The normalized spacial score (nSPS) is 36.0. The largest absolute Gasteiger partial charge is 0.327 e. The number of hydrogen-bond acceptors (Lipinski definition) is 2. The lowest BCUT2D eigenvalue weighted by molar-refractivity contribution is 0.307. The summed E-state index contributed by atoms with van der Waals surface area (Å²) >= 11 is 0. The Morgan fingerprint density at radius 3 is 2.18 bits per heavy atom. The minimum atomic E-state index is 0.326. The van der Waals surface area contributed by atoms with Crippen LogP contribution in [0.4, 0.5) is 0 Å². The van der Waals surface area contributed by atoms with Crippen LogP contribution in [0.5, 0.6) is 0 Å². The summed E-state index contributed by atoms with van der Waals surface area (Å²) in [7, 11) is 0. The predicted molar refractivity (Wildman–Crippen MR) is 48.4 cm³/mol. The van der Waals surface area contributed by atoms with Crippen LogP contribution in [0.15, 0.2) is 0 Å². The molecule has 0 spiro atoms. The van der Waals surface area contributed by atoms with Crippen molar-refractivity contribution in [2.45, 2.75) is 26.8 Å². The van der Waals surface area contributed by atoms with E-state index in [2.05, 4.69) is 25.7 Å². The molecule has 0 aromatic heterocycles. The molecule has 1 aliphatic rings. The minimum absolute atomic E-state index is 0.326. The predicted octanol–water partition coefficient (Wildman–Crippen LogP) is 0.921. The Labute approximate surface area is 69.8 Å². The van der Waals surface area contributed by atoms with E-state index in [-0.39, 0.29) is 0 Å². The van der Waals surface area contributed by atoms with Crippen LogP contribution in [0.2, 0.25) is 0 Å². The molecule has 1 heterocycles. The molecule has 1 aliphatic heterocycles. The van der Waals surface area contributed by atoms with Crippen LogP contribution in [-0.4, -0.2) is 30.6 Å². The zero-order valence-electron chi connectivity index (χ0n) is 7.88. The molecular weight excluding hydrogens is 136 g/mol. The summed E-state index contributed by atoms with van der Waals surface area (Å²) in [5.74, 6) is 1.71. The molecule has 2 heteroatoms. The molecule has 11 heavy (non-hydrogen) atoms. The molecule has 66 valence electrons. The van der Waals surface area contributed by atoms with Crippen LogP contribution in [0.25, 0.3) is 0 Å². The van der Waals surface area contributed by atoms with Crippen molar-refractivity contribution >= 4 is 0 Å². The van der Waals surface area contributed by atoms with E-state index in [0.29, 0.717) is 6.04 Å². The van der Waals surface area contributed by atoms with Crippen LogP contribution in [-0.2, 0) is 0 Å². The summed E-state index contributed by atoms with van der Waals surface area (Å²) in [6, 6.07) is 0.326. The number of hydrogen-bond donors (Lipinski definition) is 1. The maximum absolute atomic E-state index is 5.72. The summed E-state index contributed by atoms with van der Waals surface area (Å²) in [5, 5.41) is 0. The zero-order valence-corrected chi connectivity index (χ0v) is 7.88. The third kappa shape index (κ3) is 2.46. The molecule has 1 rings (SSSR count). The van der Waals surface area contributed by atoms with Gasteiger partial charge in [0.2, 0.25) is 0 Å². The van der Waals surface area contributed by atoms with Gasteiger partial charge in [0, 0.05) is 25.7 Å². The fraction of sp³-hybridized carbons (Fsp3) is 1.00. The summed E-state index contributed by atoms with van der Waals surface area (Å²) in [6.07, 6.45) is 0. The van der Waals surface area contributed by atoms with Gasteiger partial charge in [0.1, 0.15) is 0 Å². The van der Waals surface area contributed by atoms with Crippen LogP contribution in [0.1, 0.15) is 20.8 Å². The summed E-state index contributed by atoms with van der Waals surface area (Å²) < 4.78 is 0. The van der Waals surface area contributed by atoms with Gasteiger partial charge >= 0.3 is 0 Å². The quantitative estimate of drug-likeness (QED) is 0.644. The van der Waals surface area contributed by atoms with Crippen LogP contribution < -0.4 is 5.73 Å². The molecule has 1 fully saturated rings. The highest BCUT2D eigenvalue weighted by molar-refractivity contribution is 4.79. The Bertz CT molecular complexity index is 110. The Hall–Kier alpha value is -0.0800. The molecule has 0 aliphatic carbocycles. The van der Waals surface area contributed by atoms with Gasteiger partial charge in [-0.1, -0.05) is 13.8 Å². The summed E-state index contributed by atoms with van der Waals surface area (Å²) in [5.41, 5.74) is 5.72. The third-order valence-electron chi connectivity index (χ3n) is 2.61. The van der Waals surface area contributed by atoms with Crippen molar-refractivity contribution in [3.63, 3.8) is 0 Å². The lowest BCUT2D eigenvalue weighted by Crippen LogP contribution is -2.34. The second-order valence-corrected chi connectivity index (χ2v) is 4.15. The maximum atomic E-state index is 5.72. The van der Waals surface area contributed by atoms with Gasteiger partial charge in [-0.15, -0.1) is 0 Å². The minimum Gasteiger partial charge on any atom is -0.327 e. The summed E-state index contributed by atoms with van der Waals surface area (Å²) in [6.45, 7) is 10.3. The molecule has 0 saturated carbocycles. The Kier molecular flexibility index (Phi) is 2.90. The highest BCUT2D eigenvalue weighted by Gasteiger charge is 2.25. The Morgan fingerprint density at radius 1 is 1.36 bits per heavy atom. The van der Waals surface area contributed by atoms with Crippen LogP contribution in [0.3, 0.4) is 0 Å². The monoisotopic (exact) mass is 156 g/mol. The maximum Gasteiger partial charge on any atom is 0.0139 e. The molecule has 2 nitrogen and oxygen atoms in total. The van der Waals surface area contributed by atoms with E-state index >= 15 is 0 Å². The number of rotatable bonds is 2. The molecule has 0 aromatic carbocycles. The molecule has 0 radical (unpaired) electrons. The van der Waals surface area contributed by atoms with E-state index in [1.54, 1.807) is 0 Å². The molecular formula is C9H20N2. The smallest absolute Gasteiger partial charge is 0.0139 e. The first-order valence-electron chi connectivity index (χ1n) is 4.57. The van der Waals surface area contributed by atoms with Crippen molar-refractivity contribution in [3.05, 3.63) is 0 Å². The summed E-state index contributed by atoms with van der Waals surface area (Å²) in [4.78, 5) is 2.47. The topological polar surface area (TPSA) is 29.3 Å². The lowest BCUT2D eigenvalue weighted by Gasteiger charge is -2.17. The van der Waals surface area contributed by atoms with Crippen LogP contribution >= 0.6 is 0 Å². The van der Waals surface area contributed by atoms with Gasteiger partial charge in [0.25, 0.3) is 0 Å². The van der Waals surface area contributed by atoms with Crippen molar-refractivity contribution in [1.82, 2.24) is 4.90 Å². The lowest BCUT2D eigenvalue weighted by atomic mass is 10.0. The van der Waals surface area contributed by atoms with Crippen molar-refractivity contribution in [2.75, 3.05) is 19.6 Å². The average molecular weight is 156 g/mol. The first kappa shape index (κ1) is 9.01. The fourth-order valence-electron chi connectivity index (χ4n) is 1.81. The van der Waals surface area contributed by atoms with E-state index in [1.807, 2.05) is 0 Å². The molecule has 3 unspecified atom stereocenters. The Balaban J connectivity index is 2.29. The standard InChI is InChI=1S/C9H20N2/c1-7-4-11(5-8(7)2)6-9(3)10/h7-9H,4-6,10H2,1-3H3. The fourth-order valence-corrected chi connectivity index (χ4v) is 1.81. The van der Waals surface area contributed by atoms with E-state index < -0.39 is 0 Å². The van der Waals surface area contributed by atoms with Crippen molar-refractivity contribution < 1.29 is 0 Å². The first-order valence-corrected chi connectivity index (χ1v) is 4.57. The highest BCUT2D eigenvalue weighted by Crippen LogP contribution is 2.21. The third-order valence-corrected chi connectivity index (χ3v) is 2.61. The van der Waals surface area contributed by atoms with Crippen molar-refractivity contribution in [2.24, 2.45) is 17.6 Å². The molecule has 1 saturated heterocycles. The van der Waals surface area contributed by atoms with E-state index in [4.69, 9.17) is 5.73 Å². The first-order chi connectivity index (χ1) is 5.09. The van der Waals surface area contributed by atoms with Gasteiger partial charge in [-0.3, -0.25) is 0 Å². The number of likely N-dealkylation sites (tertiary alicyclic amines) is 1. The van der Waals surface area contributed by atoms with Gasteiger partial charge in [-0.05, 0) is 18.8 Å². The van der Waals surface area contributed by atoms with Gasteiger partial charge < -0.3 is 10.6 Å². The number of nitrogens with two attached hydrogens (primary N) is 1. The molecule has 0 bridgehead atoms. The van der Waals surface area contributed by atoms with E-state index in [1.165, 1.54) is 13.1 Å². The van der Waals surface area contributed by atoms with Crippen molar-refractivity contribution in [1.29, 1.82) is 0 Å². The Morgan fingerprint density at radius 2 is 1.82 bits per heavy atom. The highest BCUT2D eigenvalue weighted by atomic mass is 15.2.